The summed E-state index contributed by atoms with van der Waals surface area (Å²) in [5.41, 5.74) is 3.07. The molecule has 2 N–H and O–H groups in total. The van der Waals surface area contributed by atoms with E-state index in [2.05, 4.69) is 53.7 Å². The van der Waals surface area contributed by atoms with Crippen LogP contribution < -0.4 is 10.6 Å². The van der Waals surface area contributed by atoms with Gasteiger partial charge < -0.3 is 15.5 Å². The average molecular weight is 463 g/mol. The molecule has 0 bridgehead atoms. The number of halogens is 1. The zero-order chi connectivity index (χ0) is 23.2. The minimum absolute atomic E-state index is 0.0851. The standard InChI is InChI=1S/C27H31ClN4O/c1-19(2)18-32-25(12-9-20-7-4-3-5-8-20)26(27(32)33)31-15-6-14-29-23-13-16-30-24-17-21(28)10-11-22(23)24/h3-5,7-13,16-17,19,25-26,31H,6,14-15,18H2,1-2H3,(H,29,30)/b12-9+/t25-,26+/m1/s1. The topological polar surface area (TPSA) is 57.3 Å². The Morgan fingerprint density at radius 3 is 2.73 bits per heavy atom. The quantitative estimate of drug-likeness (QED) is 0.320. The van der Waals surface area contributed by atoms with E-state index in [1.54, 1.807) is 6.20 Å². The SMILES string of the molecule is CC(C)CN1C(=O)[C@@H](NCCCNc2ccnc3cc(Cl)ccc23)[C@H]1/C=C/c1ccccc1. The lowest BCUT2D eigenvalue weighted by molar-refractivity contribution is -0.149. The van der Waals surface area contributed by atoms with E-state index in [0.29, 0.717) is 10.9 Å². The van der Waals surface area contributed by atoms with Crippen molar-refractivity contribution in [2.75, 3.05) is 25.0 Å². The fourth-order valence-electron chi connectivity index (χ4n) is 4.22. The van der Waals surface area contributed by atoms with Crippen molar-refractivity contribution in [2.24, 2.45) is 5.92 Å². The summed E-state index contributed by atoms with van der Waals surface area (Å²) >= 11 is 6.08. The van der Waals surface area contributed by atoms with Gasteiger partial charge in [-0.3, -0.25) is 9.78 Å². The highest BCUT2D eigenvalue weighted by Crippen LogP contribution is 2.25. The second-order valence-electron chi connectivity index (χ2n) is 8.88. The maximum atomic E-state index is 12.8. The van der Waals surface area contributed by atoms with E-state index in [0.717, 1.165) is 48.2 Å². The Morgan fingerprint density at radius 1 is 1.12 bits per heavy atom. The van der Waals surface area contributed by atoms with E-state index in [9.17, 15) is 4.79 Å². The molecule has 0 unspecified atom stereocenters. The van der Waals surface area contributed by atoms with Crippen molar-refractivity contribution < 1.29 is 4.79 Å². The van der Waals surface area contributed by atoms with Gasteiger partial charge in [0.15, 0.2) is 0 Å². The van der Waals surface area contributed by atoms with Gasteiger partial charge in [0, 0.05) is 35.4 Å². The number of β-lactam (4-membered cyclic amide) rings is 1. The van der Waals surface area contributed by atoms with Gasteiger partial charge in [-0.25, -0.2) is 0 Å². The maximum absolute atomic E-state index is 12.8. The molecule has 3 aromatic rings. The summed E-state index contributed by atoms with van der Waals surface area (Å²) in [7, 11) is 0. The minimum Gasteiger partial charge on any atom is -0.384 e. The van der Waals surface area contributed by atoms with Gasteiger partial charge in [-0.1, -0.05) is 67.9 Å². The second kappa shape index (κ2) is 10.8. The second-order valence-corrected chi connectivity index (χ2v) is 9.31. The van der Waals surface area contributed by atoms with E-state index in [1.807, 2.05) is 47.4 Å². The van der Waals surface area contributed by atoms with E-state index >= 15 is 0 Å². The van der Waals surface area contributed by atoms with Crippen molar-refractivity contribution in [2.45, 2.75) is 32.4 Å². The number of nitrogens with zero attached hydrogens (tertiary/aromatic N) is 2. The highest BCUT2D eigenvalue weighted by molar-refractivity contribution is 6.31. The molecule has 172 valence electrons. The third-order valence-corrected chi connectivity index (χ3v) is 6.07. The van der Waals surface area contributed by atoms with Crippen LogP contribution in [-0.4, -0.2) is 47.5 Å². The normalized spacial score (nSPS) is 18.3. The highest BCUT2D eigenvalue weighted by Gasteiger charge is 2.45. The Balaban J connectivity index is 1.31. The fraction of sp³-hybridized carbons (Fsp3) is 0.333. The number of amides is 1. The van der Waals surface area contributed by atoms with Crippen LogP contribution in [0.3, 0.4) is 0 Å². The van der Waals surface area contributed by atoms with Crippen LogP contribution in [0, 0.1) is 5.92 Å². The lowest BCUT2D eigenvalue weighted by Gasteiger charge is -2.47. The Morgan fingerprint density at radius 2 is 1.94 bits per heavy atom. The summed E-state index contributed by atoms with van der Waals surface area (Å²) in [6.45, 7) is 6.64. The van der Waals surface area contributed by atoms with Crippen LogP contribution in [0.1, 0.15) is 25.8 Å². The smallest absolute Gasteiger partial charge is 0.242 e. The molecule has 1 aromatic heterocycles. The molecule has 1 saturated heterocycles. The molecule has 1 aliphatic rings. The molecule has 0 aliphatic carbocycles. The Kier molecular flexibility index (Phi) is 7.63. The number of pyridine rings is 1. The largest absolute Gasteiger partial charge is 0.384 e. The molecule has 2 aromatic carbocycles. The molecule has 0 spiro atoms. The van der Waals surface area contributed by atoms with Crippen molar-refractivity contribution >= 4 is 40.2 Å². The molecule has 33 heavy (non-hydrogen) atoms. The summed E-state index contributed by atoms with van der Waals surface area (Å²) in [5.74, 6) is 0.633. The van der Waals surface area contributed by atoms with E-state index in [-0.39, 0.29) is 18.0 Å². The molecule has 1 fully saturated rings. The molecule has 2 atom stereocenters. The lowest BCUT2D eigenvalue weighted by Crippen LogP contribution is -2.69. The Hall–Kier alpha value is -2.89. The Labute approximate surface area is 200 Å². The Bertz CT molecular complexity index is 1120. The number of hydrogen-bond acceptors (Lipinski definition) is 4. The number of anilines is 1. The first kappa shape index (κ1) is 23.3. The van der Waals surface area contributed by atoms with Gasteiger partial charge in [0.2, 0.25) is 5.91 Å². The molecular formula is C27H31ClN4O. The average Bonchev–Trinajstić information content (AvgIpc) is 2.81. The number of benzene rings is 2. The van der Waals surface area contributed by atoms with Crippen LogP contribution in [0.5, 0.6) is 0 Å². The maximum Gasteiger partial charge on any atom is 0.242 e. The third-order valence-electron chi connectivity index (χ3n) is 5.84. The van der Waals surface area contributed by atoms with Gasteiger partial charge in [-0.2, -0.15) is 0 Å². The van der Waals surface area contributed by atoms with Gasteiger partial charge >= 0.3 is 0 Å². The summed E-state index contributed by atoms with van der Waals surface area (Å²) < 4.78 is 0. The zero-order valence-electron chi connectivity index (χ0n) is 19.2. The van der Waals surface area contributed by atoms with Crippen LogP contribution in [0.25, 0.3) is 17.0 Å². The van der Waals surface area contributed by atoms with Gasteiger partial charge in [-0.15, -0.1) is 0 Å². The van der Waals surface area contributed by atoms with Crippen LogP contribution in [0.15, 0.2) is 66.9 Å². The molecule has 5 nitrogen and oxygen atoms in total. The number of hydrogen-bond donors (Lipinski definition) is 2. The van der Waals surface area contributed by atoms with E-state index < -0.39 is 0 Å². The highest BCUT2D eigenvalue weighted by atomic mass is 35.5. The predicted octanol–water partition coefficient (Wildman–Crippen LogP) is 5.23. The zero-order valence-corrected chi connectivity index (χ0v) is 19.9. The molecule has 0 radical (unpaired) electrons. The van der Waals surface area contributed by atoms with Crippen molar-refractivity contribution in [3.8, 4) is 0 Å². The first-order valence-electron chi connectivity index (χ1n) is 11.6. The number of aromatic nitrogens is 1. The number of likely N-dealkylation sites (tertiary alicyclic amines) is 1. The first-order chi connectivity index (χ1) is 16.0. The predicted molar refractivity (Wildman–Crippen MR) is 137 cm³/mol. The summed E-state index contributed by atoms with van der Waals surface area (Å²) in [6.07, 6.45) is 6.96. The molecule has 1 aliphatic heterocycles. The third kappa shape index (κ3) is 5.73. The van der Waals surface area contributed by atoms with Gasteiger partial charge in [0.05, 0.1) is 11.6 Å². The van der Waals surface area contributed by atoms with Gasteiger partial charge in [0.1, 0.15) is 6.04 Å². The fourth-order valence-corrected chi connectivity index (χ4v) is 4.38. The number of carbonyl (C=O) groups excluding carboxylic acids is 1. The van der Waals surface area contributed by atoms with Gasteiger partial charge in [-0.05, 0) is 48.7 Å². The van der Waals surface area contributed by atoms with Crippen molar-refractivity contribution in [3.05, 3.63) is 77.5 Å². The summed E-state index contributed by atoms with van der Waals surface area (Å²) in [5, 5.41) is 8.70. The first-order valence-corrected chi connectivity index (χ1v) is 12.0. The van der Waals surface area contributed by atoms with Crippen molar-refractivity contribution in [3.63, 3.8) is 0 Å². The monoisotopic (exact) mass is 462 g/mol. The van der Waals surface area contributed by atoms with Crippen LogP contribution in [0.2, 0.25) is 5.02 Å². The summed E-state index contributed by atoms with van der Waals surface area (Å²) in [6, 6.07) is 17.9. The lowest BCUT2D eigenvalue weighted by atomic mass is 9.92. The van der Waals surface area contributed by atoms with Crippen LogP contribution in [-0.2, 0) is 4.79 Å². The molecule has 1 amide bonds. The summed E-state index contributed by atoms with van der Waals surface area (Å²) in [4.78, 5) is 19.1. The van der Waals surface area contributed by atoms with Crippen molar-refractivity contribution in [1.29, 1.82) is 0 Å². The van der Waals surface area contributed by atoms with E-state index in [4.69, 9.17) is 11.6 Å². The van der Waals surface area contributed by atoms with Crippen LogP contribution in [0.4, 0.5) is 5.69 Å². The van der Waals surface area contributed by atoms with E-state index in [1.165, 1.54) is 0 Å². The van der Waals surface area contributed by atoms with Crippen LogP contribution >= 0.6 is 11.6 Å². The molecular weight excluding hydrogens is 432 g/mol. The van der Waals surface area contributed by atoms with Gasteiger partial charge in [0.25, 0.3) is 0 Å². The molecule has 4 rings (SSSR count). The molecule has 6 heteroatoms. The molecule has 0 saturated carbocycles. The van der Waals surface area contributed by atoms with Crippen molar-refractivity contribution in [1.82, 2.24) is 15.2 Å². The minimum atomic E-state index is -0.160. The molecule has 2 heterocycles. The number of fused-ring (bicyclic) bond motifs is 1. The number of nitrogens with one attached hydrogen (secondary N) is 2. The number of rotatable bonds is 10. The number of carbonyl (C=O) groups is 1.